The van der Waals surface area contributed by atoms with Crippen LogP contribution in [0.2, 0.25) is 0 Å². The maximum Gasteiger partial charge on any atom is 0.243 e. The van der Waals surface area contributed by atoms with Gasteiger partial charge in [0.05, 0.1) is 23.8 Å². The SMILES string of the molecule is COc1cc(S(=O)(=O)N(CCC#N)C(C)C)ccc1N. The molecule has 2 N–H and O–H groups in total. The molecular formula is C13H19N3O3S. The molecule has 6 nitrogen and oxygen atoms in total. The van der Waals surface area contributed by atoms with Crippen molar-refractivity contribution in [1.82, 2.24) is 4.31 Å². The molecule has 1 rings (SSSR count). The molecule has 0 aliphatic heterocycles. The minimum absolute atomic E-state index is 0.107. The van der Waals surface area contributed by atoms with E-state index in [1.807, 2.05) is 6.07 Å². The van der Waals surface area contributed by atoms with E-state index >= 15 is 0 Å². The smallest absolute Gasteiger partial charge is 0.243 e. The van der Waals surface area contributed by atoms with Gasteiger partial charge in [0.15, 0.2) is 0 Å². The zero-order valence-electron chi connectivity index (χ0n) is 11.8. The van der Waals surface area contributed by atoms with Crippen LogP contribution in [0.1, 0.15) is 20.3 Å². The number of ether oxygens (including phenoxy) is 1. The van der Waals surface area contributed by atoms with Crippen molar-refractivity contribution >= 4 is 15.7 Å². The lowest BCUT2D eigenvalue weighted by Gasteiger charge is -2.25. The number of rotatable bonds is 6. The van der Waals surface area contributed by atoms with Crippen LogP contribution in [0.15, 0.2) is 23.1 Å². The van der Waals surface area contributed by atoms with E-state index in [-0.39, 0.29) is 23.9 Å². The number of methoxy groups -OCH3 is 1. The van der Waals surface area contributed by atoms with Gasteiger partial charge in [-0.05, 0) is 26.0 Å². The molecular weight excluding hydrogens is 278 g/mol. The number of nitrogens with zero attached hydrogens (tertiary/aromatic N) is 2. The Labute approximate surface area is 119 Å². The van der Waals surface area contributed by atoms with Crippen molar-refractivity contribution in [3.8, 4) is 11.8 Å². The van der Waals surface area contributed by atoms with Gasteiger partial charge < -0.3 is 10.5 Å². The van der Waals surface area contributed by atoms with Gasteiger partial charge in [0.2, 0.25) is 10.0 Å². The van der Waals surface area contributed by atoms with E-state index in [4.69, 9.17) is 15.7 Å². The molecule has 20 heavy (non-hydrogen) atoms. The number of hydrogen-bond acceptors (Lipinski definition) is 5. The third kappa shape index (κ3) is 3.40. The average Bonchev–Trinajstić information content (AvgIpc) is 2.38. The number of benzene rings is 1. The Morgan fingerprint density at radius 3 is 2.60 bits per heavy atom. The summed E-state index contributed by atoms with van der Waals surface area (Å²) in [5.41, 5.74) is 6.06. The molecule has 0 atom stereocenters. The molecule has 7 heteroatoms. The molecule has 1 aromatic carbocycles. The van der Waals surface area contributed by atoms with Crippen LogP contribution in [-0.2, 0) is 10.0 Å². The second-order valence-corrected chi connectivity index (χ2v) is 6.41. The third-order valence-corrected chi connectivity index (χ3v) is 4.90. The monoisotopic (exact) mass is 297 g/mol. The van der Waals surface area contributed by atoms with Crippen LogP contribution in [0.4, 0.5) is 5.69 Å². The number of sulfonamides is 1. The van der Waals surface area contributed by atoms with Gasteiger partial charge in [0.25, 0.3) is 0 Å². The van der Waals surface area contributed by atoms with E-state index < -0.39 is 10.0 Å². The van der Waals surface area contributed by atoms with Crippen molar-refractivity contribution in [2.45, 2.75) is 31.2 Å². The van der Waals surface area contributed by atoms with Gasteiger partial charge >= 0.3 is 0 Å². The van der Waals surface area contributed by atoms with Crippen LogP contribution >= 0.6 is 0 Å². The summed E-state index contributed by atoms with van der Waals surface area (Å²) in [6.07, 6.45) is 0.142. The predicted octanol–water partition coefficient (Wildman–Crippen LogP) is 1.59. The molecule has 0 aliphatic carbocycles. The molecule has 0 saturated heterocycles. The first-order chi connectivity index (χ1) is 9.34. The topological polar surface area (TPSA) is 96.4 Å². The Morgan fingerprint density at radius 2 is 2.10 bits per heavy atom. The first kappa shape index (κ1) is 16.3. The van der Waals surface area contributed by atoms with Crippen LogP contribution in [0.3, 0.4) is 0 Å². The Morgan fingerprint density at radius 1 is 1.45 bits per heavy atom. The van der Waals surface area contributed by atoms with Gasteiger partial charge in [0, 0.05) is 25.1 Å². The predicted molar refractivity (Wildman–Crippen MR) is 76.7 cm³/mol. The van der Waals surface area contributed by atoms with Crippen molar-refractivity contribution in [2.24, 2.45) is 0 Å². The second-order valence-electron chi connectivity index (χ2n) is 4.52. The summed E-state index contributed by atoms with van der Waals surface area (Å²) in [6, 6.07) is 6.05. The lowest BCUT2D eigenvalue weighted by Crippen LogP contribution is -2.37. The summed E-state index contributed by atoms with van der Waals surface area (Å²) < 4.78 is 31.5. The van der Waals surface area contributed by atoms with E-state index in [0.717, 1.165) is 0 Å². The summed E-state index contributed by atoms with van der Waals surface area (Å²) in [4.78, 5) is 0.107. The standard InChI is InChI=1S/C13H19N3O3S/c1-10(2)16(8-4-7-14)20(17,18)11-5-6-12(15)13(9-11)19-3/h5-6,9-10H,4,8,15H2,1-3H3. The molecule has 110 valence electrons. The van der Waals surface area contributed by atoms with Crippen molar-refractivity contribution in [3.05, 3.63) is 18.2 Å². The molecule has 0 spiro atoms. The van der Waals surface area contributed by atoms with Gasteiger partial charge in [-0.2, -0.15) is 9.57 Å². The lowest BCUT2D eigenvalue weighted by molar-refractivity contribution is 0.360. The average molecular weight is 297 g/mol. The number of nitrogens with two attached hydrogens (primary N) is 1. The highest BCUT2D eigenvalue weighted by Crippen LogP contribution is 2.27. The number of hydrogen-bond donors (Lipinski definition) is 1. The van der Waals surface area contributed by atoms with Crippen molar-refractivity contribution in [3.63, 3.8) is 0 Å². The van der Waals surface area contributed by atoms with Crippen LogP contribution in [0.5, 0.6) is 5.75 Å². The molecule has 0 amide bonds. The number of nitriles is 1. The molecule has 0 fully saturated rings. The van der Waals surface area contributed by atoms with E-state index in [1.54, 1.807) is 13.8 Å². The third-order valence-electron chi connectivity index (χ3n) is 2.83. The summed E-state index contributed by atoms with van der Waals surface area (Å²) in [7, 11) is -2.25. The van der Waals surface area contributed by atoms with Crippen LogP contribution in [0, 0.1) is 11.3 Å². The van der Waals surface area contributed by atoms with Crippen LogP contribution in [-0.4, -0.2) is 32.4 Å². The van der Waals surface area contributed by atoms with Crippen LogP contribution < -0.4 is 10.5 Å². The molecule has 0 heterocycles. The fourth-order valence-electron chi connectivity index (χ4n) is 1.80. The lowest BCUT2D eigenvalue weighted by atomic mass is 10.3. The zero-order valence-corrected chi connectivity index (χ0v) is 12.6. The van der Waals surface area contributed by atoms with Gasteiger partial charge in [-0.3, -0.25) is 0 Å². The quantitative estimate of drug-likeness (QED) is 0.804. The van der Waals surface area contributed by atoms with Crippen molar-refractivity contribution in [1.29, 1.82) is 5.26 Å². The summed E-state index contributed by atoms with van der Waals surface area (Å²) in [6.45, 7) is 3.69. The van der Waals surface area contributed by atoms with E-state index in [2.05, 4.69) is 0 Å². The molecule has 0 radical (unpaired) electrons. The summed E-state index contributed by atoms with van der Waals surface area (Å²) in [5.74, 6) is 0.315. The first-order valence-corrected chi connectivity index (χ1v) is 7.61. The maximum absolute atomic E-state index is 12.6. The fourth-order valence-corrected chi connectivity index (χ4v) is 3.46. The van der Waals surface area contributed by atoms with Crippen LogP contribution in [0.25, 0.3) is 0 Å². The Hall–Kier alpha value is -1.78. The van der Waals surface area contributed by atoms with E-state index in [0.29, 0.717) is 11.4 Å². The largest absolute Gasteiger partial charge is 0.495 e. The highest BCUT2D eigenvalue weighted by atomic mass is 32.2. The Bertz CT molecular complexity index is 606. The number of anilines is 1. The second kappa shape index (κ2) is 6.59. The minimum Gasteiger partial charge on any atom is -0.495 e. The molecule has 0 aromatic heterocycles. The minimum atomic E-state index is -3.68. The summed E-state index contributed by atoms with van der Waals surface area (Å²) in [5, 5.41) is 8.64. The van der Waals surface area contributed by atoms with E-state index in [1.165, 1.54) is 29.6 Å². The first-order valence-electron chi connectivity index (χ1n) is 6.17. The molecule has 0 unspecified atom stereocenters. The van der Waals surface area contributed by atoms with Gasteiger partial charge in [-0.25, -0.2) is 8.42 Å². The Kier molecular flexibility index (Phi) is 5.36. The highest BCUT2D eigenvalue weighted by molar-refractivity contribution is 7.89. The van der Waals surface area contributed by atoms with Gasteiger partial charge in [0.1, 0.15) is 5.75 Å². The van der Waals surface area contributed by atoms with Crippen molar-refractivity contribution in [2.75, 3.05) is 19.4 Å². The molecule has 0 aliphatic rings. The van der Waals surface area contributed by atoms with Gasteiger partial charge in [-0.15, -0.1) is 0 Å². The Balaban J connectivity index is 3.23. The molecule has 0 bridgehead atoms. The normalized spacial score (nSPS) is 11.6. The fraction of sp³-hybridized carbons (Fsp3) is 0.462. The summed E-state index contributed by atoms with van der Waals surface area (Å²) >= 11 is 0. The van der Waals surface area contributed by atoms with Crippen molar-refractivity contribution < 1.29 is 13.2 Å². The zero-order chi connectivity index (χ0) is 15.3. The molecule has 0 saturated carbocycles. The molecule has 1 aromatic rings. The van der Waals surface area contributed by atoms with Gasteiger partial charge in [-0.1, -0.05) is 0 Å². The maximum atomic E-state index is 12.6. The van der Waals surface area contributed by atoms with E-state index in [9.17, 15) is 8.42 Å². The number of nitrogen functional groups attached to an aromatic ring is 1. The highest BCUT2D eigenvalue weighted by Gasteiger charge is 2.27.